The number of benzene rings is 2. The van der Waals surface area contributed by atoms with Crippen molar-refractivity contribution in [2.24, 2.45) is 0 Å². The van der Waals surface area contributed by atoms with Crippen molar-refractivity contribution in [3.63, 3.8) is 0 Å². The molecule has 0 heterocycles. The second-order valence-corrected chi connectivity index (χ2v) is 6.24. The number of nitrogens with zero attached hydrogens (tertiary/aromatic N) is 1. The van der Waals surface area contributed by atoms with Gasteiger partial charge in [0, 0.05) is 12.2 Å². The molecule has 24 heavy (non-hydrogen) atoms. The van der Waals surface area contributed by atoms with Crippen LogP contribution in [0.2, 0.25) is 10.0 Å². The fourth-order valence-corrected chi connectivity index (χ4v) is 2.57. The topological polar surface area (TPSA) is 41.6 Å². The zero-order valence-corrected chi connectivity index (χ0v) is 15.2. The Hall–Kier alpha value is -1.75. The summed E-state index contributed by atoms with van der Waals surface area (Å²) >= 11 is 11.9. The maximum absolute atomic E-state index is 12.1. The molecule has 0 bridgehead atoms. The predicted octanol–water partition coefficient (Wildman–Crippen LogP) is 4.46. The molecule has 1 amide bonds. The number of amides is 1. The van der Waals surface area contributed by atoms with E-state index in [4.69, 9.17) is 27.9 Å². The molecule has 0 aliphatic heterocycles. The number of hydrogen-bond donors (Lipinski definition) is 1. The first kappa shape index (κ1) is 18.6. The molecule has 0 radical (unpaired) electrons. The number of hydrogen-bond acceptors (Lipinski definition) is 3. The van der Waals surface area contributed by atoms with Gasteiger partial charge in [0.05, 0.1) is 23.2 Å². The van der Waals surface area contributed by atoms with Crippen molar-refractivity contribution in [2.75, 3.05) is 25.5 Å². The molecular formula is C18H20Cl2N2O2. The highest BCUT2D eigenvalue weighted by Crippen LogP contribution is 2.23. The maximum Gasteiger partial charge on any atom is 0.238 e. The van der Waals surface area contributed by atoms with Crippen LogP contribution in [0.3, 0.4) is 0 Å². The number of likely N-dealkylation sites (N-methyl/N-ethyl adjacent to an activating group) is 1. The first-order valence-corrected chi connectivity index (χ1v) is 8.38. The molecule has 128 valence electrons. The summed E-state index contributed by atoms with van der Waals surface area (Å²) in [6, 6.07) is 12.8. The van der Waals surface area contributed by atoms with E-state index in [9.17, 15) is 4.79 Å². The molecule has 0 saturated carbocycles. The van der Waals surface area contributed by atoms with Gasteiger partial charge in [0.15, 0.2) is 0 Å². The van der Waals surface area contributed by atoms with Gasteiger partial charge in [0.1, 0.15) is 5.75 Å². The van der Waals surface area contributed by atoms with Crippen LogP contribution in [0.25, 0.3) is 0 Å². The van der Waals surface area contributed by atoms with E-state index in [-0.39, 0.29) is 12.5 Å². The molecule has 0 unspecified atom stereocenters. The highest BCUT2D eigenvalue weighted by atomic mass is 35.5. The molecule has 0 aliphatic carbocycles. The molecule has 4 nitrogen and oxygen atoms in total. The second kappa shape index (κ2) is 8.92. The molecule has 0 atom stereocenters. The quantitative estimate of drug-likeness (QED) is 0.786. The average molecular weight is 367 g/mol. The van der Waals surface area contributed by atoms with Crippen molar-refractivity contribution in [3.05, 3.63) is 58.1 Å². The monoisotopic (exact) mass is 366 g/mol. The summed E-state index contributed by atoms with van der Waals surface area (Å²) in [7, 11) is 1.88. The van der Waals surface area contributed by atoms with Gasteiger partial charge in [-0.05, 0) is 55.9 Å². The lowest BCUT2D eigenvalue weighted by Crippen LogP contribution is -2.29. The summed E-state index contributed by atoms with van der Waals surface area (Å²) in [6.07, 6.45) is 0. The van der Waals surface area contributed by atoms with Crippen LogP contribution in [0, 0.1) is 0 Å². The largest absolute Gasteiger partial charge is 0.494 e. The third-order valence-electron chi connectivity index (χ3n) is 3.30. The van der Waals surface area contributed by atoms with E-state index in [1.54, 1.807) is 6.07 Å². The molecule has 0 saturated heterocycles. The lowest BCUT2D eigenvalue weighted by Gasteiger charge is -2.17. The lowest BCUT2D eigenvalue weighted by molar-refractivity contribution is -0.117. The van der Waals surface area contributed by atoms with Crippen molar-refractivity contribution in [1.82, 2.24) is 4.90 Å². The fourth-order valence-electron chi connectivity index (χ4n) is 2.25. The van der Waals surface area contributed by atoms with Gasteiger partial charge < -0.3 is 10.1 Å². The molecule has 6 heteroatoms. The first-order chi connectivity index (χ1) is 11.5. The minimum atomic E-state index is -0.0817. The van der Waals surface area contributed by atoms with Crippen LogP contribution in [-0.4, -0.2) is 31.0 Å². The third-order valence-corrected chi connectivity index (χ3v) is 4.04. The smallest absolute Gasteiger partial charge is 0.238 e. The van der Waals surface area contributed by atoms with E-state index in [0.717, 1.165) is 17.0 Å². The predicted molar refractivity (Wildman–Crippen MR) is 99.0 cm³/mol. The summed E-state index contributed by atoms with van der Waals surface area (Å²) in [6.45, 7) is 3.42. The molecule has 0 fully saturated rings. The van der Waals surface area contributed by atoms with Crippen LogP contribution in [0.5, 0.6) is 5.75 Å². The highest BCUT2D eigenvalue weighted by Gasteiger charge is 2.09. The third kappa shape index (κ3) is 5.71. The first-order valence-electron chi connectivity index (χ1n) is 7.63. The Morgan fingerprint density at radius 2 is 1.83 bits per heavy atom. The Morgan fingerprint density at radius 3 is 2.46 bits per heavy atom. The van der Waals surface area contributed by atoms with Crippen LogP contribution in [0.15, 0.2) is 42.5 Å². The zero-order chi connectivity index (χ0) is 17.5. The molecule has 1 N–H and O–H groups in total. The summed E-state index contributed by atoms with van der Waals surface area (Å²) in [4.78, 5) is 14.0. The number of carbonyl (C=O) groups is 1. The van der Waals surface area contributed by atoms with Crippen LogP contribution in [-0.2, 0) is 11.3 Å². The van der Waals surface area contributed by atoms with Gasteiger partial charge in [-0.1, -0.05) is 29.3 Å². The van der Waals surface area contributed by atoms with E-state index in [0.29, 0.717) is 23.2 Å². The number of nitrogens with one attached hydrogen (secondary N) is 1. The minimum absolute atomic E-state index is 0.0817. The van der Waals surface area contributed by atoms with Gasteiger partial charge >= 0.3 is 0 Å². The molecular weight excluding hydrogens is 347 g/mol. The summed E-state index contributed by atoms with van der Waals surface area (Å²) < 4.78 is 5.37. The van der Waals surface area contributed by atoms with Crippen molar-refractivity contribution < 1.29 is 9.53 Å². The molecule has 0 aliphatic rings. The Morgan fingerprint density at radius 1 is 1.12 bits per heavy atom. The number of carbonyl (C=O) groups excluding carboxylic acids is 1. The van der Waals surface area contributed by atoms with Crippen LogP contribution in [0.1, 0.15) is 12.5 Å². The molecule has 2 aromatic carbocycles. The molecule has 2 aromatic rings. The SMILES string of the molecule is CCOc1ccc(NC(=O)CN(C)Cc2ccc(Cl)c(Cl)c2)cc1. The normalized spacial score (nSPS) is 10.7. The average Bonchev–Trinajstić information content (AvgIpc) is 2.53. The zero-order valence-electron chi connectivity index (χ0n) is 13.7. The van der Waals surface area contributed by atoms with E-state index in [1.807, 2.05) is 55.3 Å². The Labute approximate surface area is 152 Å². The maximum atomic E-state index is 12.1. The van der Waals surface area contributed by atoms with E-state index in [2.05, 4.69) is 5.32 Å². The van der Waals surface area contributed by atoms with Crippen molar-refractivity contribution in [3.8, 4) is 5.75 Å². The lowest BCUT2D eigenvalue weighted by atomic mass is 10.2. The van der Waals surface area contributed by atoms with Gasteiger partial charge in [-0.15, -0.1) is 0 Å². The standard InChI is InChI=1S/C18H20Cl2N2O2/c1-3-24-15-7-5-14(6-8-15)21-18(23)12-22(2)11-13-4-9-16(19)17(20)10-13/h4-10H,3,11-12H2,1-2H3,(H,21,23). The van der Waals surface area contributed by atoms with Gasteiger partial charge in [-0.25, -0.2) is 0 Å². The Balaban J connectivity index is 1.85. The summed E-state index contributed by atoms with van der Waals surface area (Å²) in [5.74, 6) is 0.703. The molecule has 0 aromatic heterocycles. The van der Waals surface area contributed by atoms with E-state index in [1.165, 1.54) is 0 Å². The number of ether oxygens (including phenoxy) is 1. The van der Waals surface area contributed by atoms with Crippen LogP contribution < -0.4 is 10.1 Å². The van der Waals surface area contributed by atoms with Gasteiger partial charge in [0.25, 0.3) is 0 Å². The molecule has 2 rings (SSSR count). The van der Waals surface area contributed by atoms with Gasteiger partial charge in [0.2, 0.25) is 5.91 Å². The number of halogens is 2. The second-order valence-electron chi connectivity index (χ2n) is 5.43. The van der Waals surface area contributed by atoms with Crippen LogP contribution in [0.4, 0.5) is 5.69 Å². The minimum Gasteiger partial charge on any atom is -0.494 e. The van der Waals surface area contributed by atoms with Gasteiger partial charge in [-0.2, -0.15) is 0 Å². The van der Waals surface area contributed by atoms with E-state index >= 15 is 0 Å². The number of rotatable bonds is 7. The highest BCUT2D eigenvalue weighted by molar-refractivity contribution is 6.42. The molecule has 0 spiro atoms. The summed E-state index contributed by atoms with van der Waals surface area (Å²) in [5, 5.41) is 3.90. The van der Waals surface area contributed by atoms with Crippen molar-refractivity contribution in [1.29, 1.82) is 0 Å². The summed E-state index contributed by atoms with van der Waals surface area (Å²) in [5.41, 5.74) is 1.74. The Kier molecular flexibility index (Phi) is 6.91. The van der Waals surface area contributed by atoms with Crippen LogP contribution >= 0.6 is 23.2 Å². The number of anilines is 1. The van der Waals surface area contributed by atoms with Crippen molar-refractivity contribution >= 4 is 34.8 Å². The van der Waals surface area contributed by atoms with E-state index < -0.39 is 0 Å². The Bertz CT molecular complexity index is 690. The fraction of sp³-hybridized carbons (Fsp3) is 0.278. The van der Waals surface area contributed by atoms with Crippen molar-refractivity contribution in [2.45, 2.75) is 13.5 Å². The van der Waals surface area contributed by atoms with Gasteiger partial charge in [-0.3, -0.25) is 9.69 Å².